The average Bonchev–Trinajstić information content (AvgIpc) is 2.97. The number of rotatable bonds is 7. The summed E-state index contributed by atoms with van der Waals surface area (Å²) in [5.41, 5.74) is 0.663. The molecule has 0 radical (unpaired) electrons. The molecular weight excluding hydrogens is 340 g/mol. The van der Waals surface area contributed by atoms with Crippen LogP contribution in [0.2, 0.25) is 0 Å². The van der Waals surface area contributed by atoms with Gasteiger partial charge in [0.1, 0.15) is 6.04 Å². The van der Waals surface area contributed by atoms with Gasteiger partial charge in [-0.2, -0.15) is 0 Å². The lowest BCUT2D eigenvalue weighted by molar-refractivity contribution is -0.135. The van der Waals surface area contributed by atoms with E-state index in [1.165, 1.54) is 32.3 Å². The van der Waals surface area contributed by atoms with E-state index in [4.69, 9.17) is 14.2 Å². The molecule has 3 amide bonds. The third-order valence-electron chi connectivity index (χ3n) is 4.05. The molecule has 140 valence electrons. The number of likely N-dealkylation sites (N-methyl/N-ethyl adjacent to an activating group) is 1. The Hall–Kier alpha value is -3.03. The first-order valence-electron chi connectivity index (χ1n) is 8.07. The fourth-order valence-corrected chi connectivity index (χ4v) is 2.78. The number of ether oxygens (including phenoxy) is 3. The third-order valence-corrected chi connectivity index (χ3v) is 4.05. The molecular formula is C18H22N2O6. The van der Waals surface area contributed by atoms with Gasteiger partial charge in [-0.1, -0.05) is 0 Å². The number of nitrogens with zero attached hydrogens (tertiary/aromatic N) is 1. The number of amides is 3. The lowest BCUT2D eigenvalue weighted by Crippen LogP contribution is -2.43. The molecule has 0 spiro atoms. The van der Waals surface area contributed by atoms with Gasteiger partial charge in [0.2, 0.25) is 23.5 Å². The van der Waals surface area contributed by atoms with Crippen LogP contribution >= 0.6 is 0 Å². The molecule has 1 N–H and O–H groups in total. The van der Waals surface area contributed by atoms with E-state index in [1.807, 2.05) is 0 Å². The van der Waals surface area contributed by atoms with Crippen LogP contribution in [0.1, 0.15) is 18.9 Å². The van der Waals surface area contributed by atoms with E-state index in [2.05, 4.69) is 5.32 Å². The molecule has 0 aromatic heterocycles. The maximum Gasteiger partial charge on any atom is 0.249 e. The van der Waals surface area contributed by atoms with Gasteiger partial charge in [0, 0.05) is 12.6 Å². The molecule has 0 aliphatic carbocycles. The molecule has 2 rings (SSSR count). The fourth-order valence-electron chi connectivity index (χ4n) is 2.78. The highest BCUT2D eigenvalue weighted by Crippen LogP contribution is 2.38. The minimum atomic E-state index is -0.774. The van der Waals surface area contributed by atoms with Crippen LogP contribution in [0, 0.1) is 0 Å². The van der Waals surface area contributed by atoms with E-state index in [1.54, 1.807) is 25.1 Å². The second-order valence-corrected chi connectivity index (χ2v) is 5.55. The Labute approximate surface area is 151 Å². The Kier molecular flexibility index (Phi) is 6.21. The van der Waals surface area contributed by atoms with Crippen molar-refractivity contribution >= 4 is 23.8 Å². The molecule has 8 nitrogen and oxygen atoms in total. The average molecular weight is 362 g/mol. The molecule has 1 fully saturated rings. The van der Waals surface area contributed by atoms with Crippen molar-refractivity contribution < 1.29 is 28.6 Å². The minimum absolute atomic E-state index is 0.0174. The van der Waals surface area contributed by atoms with Crippen molar-refractivity contribution in [1.82, 2.24) is 10.2 Å². The zero-order valence-corrected chi connectivity index (χ0v) is 15.2. The van der Waals surface area contributed by atoms with Crippen molar-refractivity contribution in [2.75, 3.05) is 27.9 Å². The normalized spacial score (nSPS) is 16.5. The Bertz CT molecular complexity index is 718. The van der Waals surface area contributed by atoms with Crippen LogP contribution in [0.4, 0.5) is 0 Å². The second kappa shape index (κ2) is 8.37. The molecule has 1 aliphatic rings. The molecule has 0 bridgehead atoms. The van der Waals surface area contributed by atoms with Gasteiger partial charge in [-0.05, 0) is 30.7 Å². The Morgan fingerprint density at radius 2 is 1.81 bits per heavy atom. The van der Waals surface area contributed by atoms with E-state index < -0.39 is 11.9 Å². The highest BCUT2D eigenvalue weighted by Gasteiger charge is 2.36. The minimum Gasteiger partial charge on any atom is -0.493 e. The molecule has 8 heteroatoms. The summed E-state index contributed by atoms with van der Waals surface area (Å²) in [6.45, 7) is 2.06. The van der Waals surface area contributed by atoms with Gasteiger partial charge in [-0.25, -0.2) is 0 Å². The quantitative estimate of drug-likeness (QED) is 0.574. The van der Waals surface area contributed by atoms with Gasteiger partial charge in [0.25, 0.3) is 0 Å². The Morgan fingerprint density at radius 3 is 2.23 bits per heavy atom. The summed E-state index contributed by atoms with van der Waals surface area (Å²) in [5, 5.41) is 2.21. The summed E-state index contributed by atoms with van der Waals surface area (Å²) in [7, 11) is 4.52. The van der Waals surface area contributed by atoms with Gasteiger partial charge in [0.15, 0.2) is 11.5 Å². The van der Waals surface area contributed by atoms with Gasteiger partial charge in [0.05, 0.1) is 27.8 Å². The van der Waals surface area contributed by atoms with Crippen molar-refractivity contribution in [3.8, 4) is 17.2 Å². The van der Waals surface area contributed by atoms with Gasteiger partial charge < -0.3 is 19.1 Å². The molecule has 1 aliphatic heterocycles. The SMILES string of the molecule is CCN(C(=O)/C=C\c1cc(OC)c(OC)c(OC)c1)[C@H]1CC(=O)NC1=O. The molecule has 1 aromatic carbocycles. The number of carbonyl (C=O) groups is 3. The first kappa shape index (κ1) is 19.3. The number of hydrogen-bond acceptors (Lipinski definition) is 6. The smallest absolute Gasteiger partial charge is 0.249 e. The molecule has 1 saturated heterocycles. The van der Waals surface area contributed by atoms with Gasteiger partial charge in [-0.15, -0.1) is 0 Å². The predicted molar refractivity (Wildman–Crippen MR) is 94.1 cm³/mol. The highest BCUT2D eigenvalue weighted by molar-refractivity contribution is 6.07. The molecule has 26 heavy (non-hydrogen) atoms. The number of hydrogen-bond donors (Lipinski definition) is 1. The number of imide groups is 1. The first-order chi connectivity index (χ1) is 12.4. The molecule has 0 unspecified atom stereocenters. The molecule has 1 aromatic rings. The van der Waals surface area contributed by atoms with Crippen LogP contribution in [0.3, 0.4) is 0 Å². The monoisotopic (exact) mass is 362 g/mol. The number of carbonyl (C=O) groups excluding carboxylic acids is 3. The largest absolute Gasteiger partial charge is 0.493 e. The van der Waals surface area contributed by atoms with Gasteiger partial charge in [-0.3, -0.25) is 19.7 Å². The van der Waals surface area contributed by atoms with E-state index in [0.717, 1.165) is 0 Å². The number of methoxy groups -OCH3 is 3. The zero-order chi connectivity index (χ0) is 19.3. The molecule has 1 heterocycles. The van der Waals surface area contributed by atoms with Crippen LogP contribution in [-0.4, -0.2) is 56.5 Å². The fraction of sp³-hybridized carbons (Fsp3) is 0.389. The molecule has 0 saturated carbocycles. The molecule has 1 atom stereocenters. The Morgan fingerprint density at radius 1 is 1.19 bits per heavy atom. The second-order valence-electron chi connectivity index (χ2n) is 5.55. The highest BCUT2D eigenvalue weighted by atomic mass is 16.5. The van der Waals surface area contributed by atoms with Crippen molar-refractivity contribution in [3.05, 3.63) is 23.8 Å². The summed E-state index contributed by atoms with van der Waals surface area (Å²) in [4.78, 5) is 37.0. The van der Waals surface area contributed by atoms with Crippen molar-refractivity contribution in [3.63, 3.8) is 0 Å². The van der Waals surface area contributed by atoms with E-state index in [9.17, 15) is 14.4 Å². The maximum atomic E-state index is 12.5. The van der Waals surface area contributed by atoms with Crippen LogP contribution in [0.25, 0.3) is 6.08 Å². The number of nitrogens with one attached hydrogen (secondary N) is 1. The number of benzene rings is 1. The standard InChI is InChI=1S/C18H22N2O6/c1-5-20(12-10-15(21)19-18(12)23)16(22)7-6-11-8-13(24-2)17(26-4)14(9-11)25-3/h6-9,12H,5,10H2,1-4H3,(H,19,21,23)/b7-6-/t12-/m0/s1. The van der Waals surface area contributed by atoms with Crippen LogP contribution in [0.15, 0.2) is 18.2 Å². The van der Waals surface area contributed by atoms with E-state index in [-0.39, 0.29) is 18.2 Å². The summed E-state index contributed by atoms with van der Waals surface area (Å²) in [6, 6.07) is 2.63. The topological polar surface area (TPSA) is 94.2 Å². The van der Waals surface area contributed by atoms with Gasteiger partial charge >= 0.3 is 0 Å². The van der Waals surface area contributed by atoms with Crippen LogP contribution in [-0.2, 0) is 14.4 Å². The van der Waals surface area contributed by atoms with Crippen LogP contribution < -0.4 is 19.5 Å². The Balaban J connectivity index is 2.23. The summed E-state index contributed by atoms with van der Waals surface area (Å²) in [5.74, 6) is 0.191. The lowest BCUT2D eigenvalue weighted by atomic mass is 10.1. The zero-order valence-electron chi connectivity index (χ0n) is 15.2. The van der Waals surface area contributed by atoms with Crippen molar-refractivity contribution in [2.24, 2.45) is 0 Å². The summed E-state index contributed by atoms with van der Waals surface area (Å²) >= 11 is 0. The lowest BCUT2D eigenvalue weighted by Gasteiger charge is -2.23. The van der Waals surface area contributed by atoms with E-state index in [0.29, 0.717) is 29.4 Å². The summed E-state index contributed by atoms with van der Waals surface area (Å²) < 4.78 is 15.8. The summed E-state index contributed by atoms with van der Waals surface area (Å²) in [6.07, 6.45) is 2.92. The van der Waals surface area contributed by atoms with Crippen LogP contribution in [0.5, 0.6) is 17.2 Å². The van der Waals surface area contributed by atoms with Crippen molar-refractivity contribution in [2.45, 2.75) is 19.4 Å². The third kappa shape index (κ3) is 3.96. The van der Waals surface area contributed by atoms with Crippen molar-refractivity contribution in [1.29, 1.82) is 0 Å². The van der Waals surface area contributed by atoms with E-state index >= 15 is 0 Å². The predicted octanol–water partition coefficient (Wildman–Crippen LogP) is 0.989. The first-order valence-corrected chi connectivity index (χ1v) is 8.07. The maximum absolute atomic E-state index is 12.5.